The third kappa shape index (κ3) is 6.31. The summed E-state index contributed by atoms with van der Waals surface area (Å²) in [6.07, 6.45) is 0.720. The van der Waals surface area contributed by atoms with Gasteiger partial charge in [-0.05, 0) is 49.7 Å². The third-order valence-electron chi connectivity index (χ3n) is 2.71. The molecule has 0 fully saturated rings. The smallest absolute Gasteiger partial charge is 0.408 e. The highest BCUT2D eigenvalue weighted by atomic mass is 79.9. The quantitative estimate of drug-likeness (QED) is 0.608. The van der Waals surface area contributed by atoms with Gasteiger partial charge in [0.25, 0.3) is 0 Å². The number of amides is 1. The van der Waals surface area contributed by atoms with E-state index in [1.165, 1.54) is 6.20 Å². The van der Waals surface area contributed by atoms with Gasteiger partial charge in [0, 0.05) is 10.7 Å². The van der Waals surface area contributed by atoms with Crippen molar-refractivity contribution in [2.24, 2.45) is 0 Å². The van der Waals surface area contributed by atoms with E-state index < -0.39 is 29.7 Å². The number of anilines is 2. The lowest BCUT2D eigenvalue weighted by Gasteiger charge is -2.26. The molecule has 0 aliphatic carbocycles. The summed E-state index contributed by atoms with van der Waals surface area (Å²) in [5.74, 6) is -0.973. The predicted molar refractivity (Wildman–Crippen MR) is 90.2 cm³/mol. The van der Waals surface area contributed by atoms with E-state index in [0.717, 1.165) is 0 Å². The van der Waals surface area contributed by atoms with Gasteiger partial charge in [-0.2, -0.15) is 0 Å². The van der Waals surface area contributed by atoms with Gasteiger partial charge < -0.3 is 26.2 Å². The average Bonchev–Trinajstić information content (AvgIpc) is 2.37. The highest BCUT2D eigenvalue weighted by Crippen LogP contribution is 2.22. The monoisotopic (exact) mass is 388 g/mol. The summed E-state index contributed by atoms with van der Waals surface area (Å²) in [6.45, 7) is 6.68. The highest BCUT2D eigenvalue weighted by molar-refractivity contribution is 9.10. The van der Waals surface area contributed by atoms with Crippen LogP contribution in [0.3, 0.4) is 0 Å². The van der Waals surface area contributed by atoms with Crippen LogP contribution in [-0.2, 0) is 9.53 Å². The topological polar surface area (TPSA) is 127 Å². The number of ether oxygens (including phenoxy) is 1. The van der Waals surface area contributed by atoms with Crippen LogP contribution in [-0.4, -0.2) is 39.8 Å². The van der Waals surface area contributed by atoms with Gasteiger partial charge in [0.1, 0.15) is 17.5 Å². The van der Waals surface area contributed by atoms with Crippen LogP contribution < -0.4 is 16.4 Å². The van der Waals surface area contributed by atoms with Crippen molar-refractivity contribution < 1.29 is 19.4 Å². The second-order valence-corrected chi connectivity index (χ2v) is 6.90. The third-order valence-corrected chi connectivity index (χ3v) is 3.14. The van der Waals surface area contributed by atoms with Crippen molar-refractivity contribution in [1.29, 1.82) is 0 Å². The number of carbonyl (C=O) groups excluding carboxylic acids is 1. The maximum atomic E-state index is 11.8. The number of halogens is 1. The Morgan fingerprint density at radius 1 is 1.43 bits per heavy atom. The number of carboxylic acids is 1. The molecule has 0 spiro atoms. The number of hydrogen-bond donors (Lipinski definition) is 4. The van der Waals surface area contributed by atoms with Gasteiger partial charge in [-0.1, -0.05) is 0 Å². The Hall–Kier alpha value is -2.03. The molecule has 1 aromatic rings. The molecule has 0 saturated carbocycles. The summed E-state index contributed by atoms with van der Waals surface area (Å²) in [6, 6.07) is -0.188. The lowest BCUT2D eigenvalue weighted by atomic mass is 10.1. The van der Waals surface area contributed by atoms with E-state index in [2.05, 4.69) is 31.5 Å². The molecule has 128 valence electrons. The van der Waals surface area contributed by atoms with Gasteiger partial charge in [0.05, 0.1) is 11.7 Å². The van der Waals surface area contributed by atoms with Crippen LogP contribution in [0.15, 0.2) is 16.7 Å². The number of nitrogens with one attached hydrogen (secondary N) is 2. The lowest BCUT2D eigenvalue weighted by molar-refractivity contribution is -0.139. The minimum Gasteiger partial charge on any atom is -0.480 e. The summed E-state index contributed by atoms with van der Waals surface area (Å²) in [4.78, 5) is 27.2. The lowest BCUT2D eigenvalue weighted by Crippen LogP contribution is -2.51. The molecule has 1 amide bonds. The molecule has 8 nitrogen and oxygen atoms in total. The number of hydrogen-bond acceptors (Lipinski definition) is 6. The molecule has 0 radical (unpaired) electrons. The number of nitrogens with two attached hydrogens (primary N) is 1. The molecule has 5 N–H and O–H groups in total. The second-order valence-electron chi connectivity index (χ2n) is 5.98. The van der Waals surface area contributed by atoms with Gasteiger partial charge in [0.15, 0.2) is 0 Å². The largest absolute Gasteiger partial charge is 0.480 e. The molecule has 0 saturated heterocycles. The van der Waals surface area contributed by atoms with Crippen molar-refractivity contribution in [2.75, 3.05) is 11.1 Å². The first-order chi connectivity index (χ1) is 10.5. The molecule has 0 aliphatic rings. The number of nitrogen functional groups attached to an aromatic ring is 1. The minimum atomic E-state index is -1.21. The average molecular weight is 389 g/mol. The van der Waals surface area contributed by atoms with Gasteiger partial charge in [0.2, 0.25) is 0 Å². The van der Waals surface area contributed by atoms with Crippen molar-refractivity contribution in [3.8, 4) is 0 Å². The Kier molecular flexibility index (Phi) is 6.20. The molecule has 0 aliphatic heterocycles. The molecular formula is C14H21BrN4O4. The number of rotatable bonds is 5. The van der Waals surface area contributed by atoms with Crippen molar-refractivity contribution >= 4 is 39.5 Å². The standard InChI is InChI=1S/C14H21BrN4O4/c1-7(18-9-5-8(15)6-17-11(9)16)10(12(20)21)19-13(22)23-14(2,3)4/h5-7,10,18H,1-4H3,(H2,16,17)(H,19,22)(H,20,21). The van der Waals surface area contributed by atoms with Crippen molar-refractivity contribution in [3.05, 3.63) is 16.7 Å². The van der Waals surface area contributed by atoms with E-state index in [9.17, 15) is 14.7 Å². The molecule has 2 unspecified atom stereocenters. The Balaban J connectivity index is 2.82. The van der Waals surface area contributed by atoms with E-state index in [-0.39, 0.29) is 5.82 Å². The van der Waals surface area contributed by atoms with Gasteiger partial charge >= 0.3 is 12.1 Å². The maximum absolute atomic E-state index is 11.8. The molecule has 23 heavy (non-hydrogen) atoms. The van der Waals surface area contributed by atoms with Gasteiger partial charge in [-0.15, -0.1) is 0 Å². The molecule has 1 aromatic heterocycles. The normalized spacial score (nSPS) is 13.8. The van der Waals surface area contributed by atoms with Crippen LogP contribution in [0.2, 0.25) is 0 Å². The first kappa shape index (κ1) is 19.0. The summed E-state index contributed by atoms with van der Waals surface area (Å²) < 4.78 is 5.76. The second kappa shape index (κ2) is 7.49. The van der Waals surface area contributed by atoms with Crippen LogP contribution in [0.25, 0.3) is 0 Å². The molecule has 0 bridgehead atoms. The van der Waals surface area contributed by atoms with E-state index in [4.69, 9.17) is 10.5 Å². The maximum Gasteiger partial charge on any atom is 0.408 e. The highest BCUT2D eigenvalue weighted by Gasteiger charge is 2.29. The van der Waals surface area contributed by atoms with E-state index in [1.807, 2.05) is 0 Å². The summed E-state index contributed by atoms with van der Waals surface area (Å²) >= 11 is 3.26. The van der Waals surface area contributed by atoms with E-state index >= 15 is 0 Å². The zero-order chi connectivity index (χ0) is 17.8. The van der Waals surface area contributed by atoms with Crippen molar-refractivity contribution in [2.45, 2.75) is 45.4 Å². The SMILES string of the molecule is CC(Nc1cc(Br)cnc1N)C(NC(=O)OC(C)(C)C)C(=O)O. The number of pyridine rings is 1. The molecule has 2 atom stereocenters. The zero-order valence-electron chi connectivity index (χ0n) is 13.4. The minimum absolute atomic E-state index is 0.224. The fourth-order valence-corrected chi connectivity index (χ4v) is 2.06. The molecule has 1 rings (SSSR count). The summed E-state index contributed by atoms with van der Waals surface area (Å²) in [5, 5.41) is 14.6. The van der Waals surface area contributed by atoms with Crippen LogP contribution in [0.5, 0.6) is 0 Å². The number of nitrogens with zero attached hydrogens (tertiary/aromatic N) is 1. The van der Waals surface area contributed by atoms with Gasteiger partial charge in [-0.3, -0.25) is 0 Å². The van der Waals surface area contributed by atoms with Crippen LogP contribution in [0, 0.1) is 0 Å². The number of aliphatic carboxylic acids is 1. The molecule has 0 aromatic carbocycles. The van der Waals surface area contributed by atoms with E-state index in [1.54, 1.807) is 33.8 Å². The first-order valence-corrected chi connectivity index (χ1v) is 7.69. The molecule has 9 heteroatoms. The molecule has 1 heterocycles. The van der Waals surface area contributed by atoms with E-state index in [0.29, 0.717) is 10.2 Å². The summed E-state index contributed by atoms with van der Waals surface area (Å²) in [5.41, 5.74) is 5.49. The Morgan fingerprint density at radius 3 is 2.57 bits per heavy atom. The fraction of sp³-hybridized carbons (Fsp3) is 0.500. The number of carboxylic acid groups (broad SMARTS) is 1. The van der Waals surface area contributed by atoms with Crippen LogP contribution in [0.1, 0.15) is 27.7 Å². The Morgan fingerprint density at radius 2 is 2.04 bits per heavy atom. The zero-order valence-corrected chi connectivity index (χ0v) is 15.0. The molecular weight excluding hydrogens is 368 g/mol. The van der Waals surface area contributed by atoms with Crippen LogP contribution in [0.4, 0.5) is 16.3 Å². The summed E-state index contributed by atoms with van der Waals surface area (Å²) in [7, 11) is 0. The Bertz CT molecular complexity index is 589. The van der Waals surface area contributed by atoms with Crippen LogP contribution >= 0.6 is 15.9 Å². The number of aromatic nitrogens is 1. The van der Waals surface area contributed by atoms with Crippen molar-refractivity contribution in [3.63, 3.8) is 0 Å². The first-order valence-electron chi connectivity index (χ1n) is 6.89. The van der Waals surface area contributed by atoms with Gasteiger partial charge in [-0.25, -0.2) is 14.6 Å². The predicted octanol–water partition coefficient (Wildman–Crippen LogP) is 2.20. The number of carbonyl (C=O) groups is 2. The van der Waals surface area contributed by atoms with Crippen molar-refractivity contribution in [1.82, 2.24) is 10.3 Å². The Labute approximate surface area is 142 Å². The fourth-order valence-electron chi connectivity index (χ4n) is 1.73. The number of alkyl carbamates (subject to hydrolysis) is 1.